The number of hydrogen-bond donors (Lipinski definition) is 1. The lowest BCUT2D eigenvalue weighted by atomic mass is 10.0. The highest BCUT2D eigenvalue weighted by Gasteiger charge is 2.26. The molecule has 0 aliphatic carbocycles. The molecule has 2 aliphatic heterocycles. The van der Waals surface area contributed by atoms with Crippen LogP contribution in [-0.4, -0.2) is 98.7 Å². The number of nitrogens with zero attached hydrogens (tertiary/aromatic N) is 9. The number of hydrogen-bond acceptors (Lipinski definition) is 12. The molecule has 2 fully saturated rings. The van der Waals surface area contributed by atoms with Gasteiger partial charge in [-0.05, 0) is 60.0 Å². The van der Waals surface area contributed by atoms with Gasteiger partial charge in [-0.25, -0.2) is 14.6 Å². The molecule has 13 nitrogen and oxygen atoms in total. The van der Waals surface area contributed by atoms with Crippen molar-refractivity contribution in [2.75, 3.05) is 56.7 Å². The molecule has 0 radical (unpaired) electrons. The molecule has 0 amide bonds. The molecule has 14 heteroatoms. The minimum atomic E-state index is -0.198. The molecule has 0 spiro atoms. The predicted octanol–water partition coefficient (Wildman–Crippen LogP) is 3.70. The maximum atomic E-state index is 6.41. The van der Waals surface area contributed by atoms with Gasteiger partial charge in [-0.15, -0.1) is 5.10 Å². The molecule has 43 heavy (non-hydrogen) atoms. The fraction of sp³-hybridized carbons (Fsp3) is 0.448. The number of ether oxygens (including phenoxy) is 3. The third-order valence-electron chi connectivity index (χ3n) is 7.72. The summed E-state index contributed by atoms with van der Waals surface area (Å²) in [6, 6.07) is 10.2. The maximum absolute atomic E-state index is 6.41. The van der Waals surface area contributed by atoms with E-state index in [9.17, 15) is 0 Å². The van der Waals surface area contributed by atoms with E-state index in [1.165, 1.54) is 0 Å². The predicted molar refractivity (Wildman–Crippen MR) is 162 cm³/mol. The molecule has 6 rings (SSSR count). The van der Waals surface area contributed by atoms with Crippen molar-refractivity contribution in [1.29, 1.82) is 0 Å². The third-order valence-corrected chi connectivity index (χ3v) is 8.03. The second-order valence-electron chi connectivity index (χ2n) is 10.6. The zero-order valence-electron chi connectivity index (χ0n) is 24.3. The fourth-order valence-electron chi connectivity index (χ4n) is 5.48. The van der Waals surface area contributed by atoms with Crippen LogP contribution in [0.1, 0.15) is 19.8 Å². The number of anilines is 3. The number of tetrazole rings is 1. The van der Waals surface area contributed by atoms with E-state index >= 15 is 0 Å². The Morgan fingerprint density at radius 2 is 1.84 bits per heavy atom. The number of rotatable bonds is 10. The van der Waals surface area contributed by atoms with Gasteiger partial charge < -0.3 is 24.4 Å². The van der Waals surface area contributed by atoms with Crippen LogP contribution >= 0.6 is 11.6 Å². The lowest BCUT2D eigenvalue weighted by Gasteiger charge is -2.40. The van der Waals surface area contributed by atoms with E-state index in [2.05, 4.69) is 40.6 Å². The van der Waals surface area contributed by atoms with Gasteiger partial charge in [-0.1, -0.05) is 17.7 Å². The molecule has 1 N–H and O–H groups in total. The quantitative estimate of drug-likeness (QED) is 0.283. The summed E-state index contributed by atoms with van der Waals surface area (Å²) in [4.78, 5) is 18.7. The Hall–Kier alpha value is -4.07. The number of nitrogens with one attached hydrogen (secondary N) is 1. The zero-order chi connectivity index (χ0) is 29.6. The summed E-state index contributed by atoms with van der Waals surface area (Å²) in [7, 11) is 1.62. The van der Waals surface area contributed by atoms with E-state index in [0.29, 0.717) is 40.9 Å². The first-order valence-electron chi connectivity index (χ1n) is 14.4. The SMILES string of the molecule is COc1nc(N2CCC(N3CCOCC3)CC2)ccc1Nc1ncc(-c2ccc(Cl)c(O[C@@H](C)Cn3cnnn3)c2)cn1. The van der Waals surface area contributed by atoms with Crippen LogP contribution in [-0.2, 0) is 11.3 Å². The van der Waals surface area contributed by atoms with Gasteiger partial charge in [-0.3, -0.25) is 4.90 Å². The number of aromatic nitrogens is 7. The van der Waals surface area contributed by atoms with Crippen molar-refractivity contribution < 1.29 is 14.2 Å². The van der Waals surface area contributed by atoms with Crippen molar-refractivity contribution in [3.63, 3.8) is 0 Å². The van der Waals surface area contributed by atoms with Gasteiger partial charge >= 0.3 is 0 Å². The monoisotopic (exact) mass is 606 g/mol. The highest BCUT2D eigenvalue weighted by atomic mass is 35.5. The van der Waals surface area contributed by atoms with Crippen LogP contribution in [0.15, 0.2) is 49.1 Å². The summed E-state index contributed by atoms with van der Waals surface area (Å²) in [5.74, 6) is 2.40. The molecule has 0 saturated carbocycles. The van der Waals surface area contributed by atoms with E-state index in [1.807, 2.05) is 31.2 Å². The molecule has 1 atom stereocenters. The smallest absolute Gasteiger partial charge is 0.239 e. The van der Waals surface area contributed by atoms with Gasteiger partial charge in [0.25, 0.3) is 0 Å². The minimum Gasteiger partial charge on any atom is -0.487 e. The number of pyridine rings is 1. The Morgan fingerprint density at radius 3 is 2.56 bits per heavy atom. The number of morpholine rings is 1. The number of methoxy groups -OCH3 is 1. The van der Waals surface area contributed by atoms with E-state index < -0.39 is 0 Å². The van der Waals surface area contributed by atoms with Crippen molar-refractivity contribution in [3.05, 3.63) is 54.1 Å². The van der Waals surface area contributed by atoms with Crippen LogP contribution in [0.25, 0.3) is 11.1 Å². The van der Waals surface area contributed by atoms with Crippen LogP contribution in [0.4, 0.5) is 17.5 Å². The number of halogens is 1. The lowest BCUT2D eigenvalue weighted by Crippen LogP contribution is -2.49. The van der Waals surface area contributed by atoms with Crippen LogP contribution in [0, 0.1) is 0 Å². The highest BCUT2D eigenvalue weighted by Crippen LogP contribution is 2.32. The van der Waals surface area contributed by atoms with Crippen molar-refractivity contribution >= 4 is 29.1 Å². The lowest BCUT2D eigenvalue weighted by molar-refractivity contribution is 0.0114. The molecule has 0 unspecified atom stereocenters. The summed E-state index contributed by atoms with van der Waals surface area (Å²) in [6.45, 7) is 8.07. The summed E-state index contributed by atoms with van der Waals surface area (Å²) in [5.41, 5.74) is 2.39. The molecular weight excluding hydrogens is 572 g/mol. The molecule has 2 saturated heterocycles. The Labute approximate surface area is 255 Å². The van der Waals surface area contributed by atoms with Gasteiger partial charge in [-0.2, -0.15) is 4.98 Å². The number of benzene rings is 1. The zero-order valence-corrected chi connectivity index (χ0v) is 25.0. The van der Waals surface area contributed by atoms with Gasteiger partial charge in [0.1, 0.15) is 29.7 Å². The normalized spacial score (nSPS) is 17.0. The van der Waals surface area contributed by atoms with E-state index in [0.717, 1.165) is 69.2 Å². The van der Waals surface area contributed by atoms with Crippen molar-refractivity contribution in [3.8, 4) is 22.8 Å². The fourth-order valence-corrected chi connectivity index (χ4v) is 5.64. The van der Waals surface area contributed by atoms with Gasteiger partial charge in [0.15, 0.2) is 0 Å². The average molecular weight is 607 g/mol. The molecule has 226 valence electrons. The number of piperidine rings is 1. The molecule has 2 aliphatic rings. The van der Waals surface area contributed by atoms with E-state index in [-0.39, 0.29) is 6.10 Å². The summed E-state index contributed by atoms with van der Waals surface area (Å²) < 4.78 is 18.8. The van der Waals surface area contributed by atoms with Gasteiger partial charge in [0.2, 0.25) is 11.8 Å². The molecule has 4 aromatic rings. The highest BCUT2D eigenvalue weighted by molar-refractivity contribution is 6.32. The average Bonchev–Trinajstić information content (AvgIpc) is 3.56. The van der Waals surface area contributed by atoms with Crippen LogP contribution < -0.4 is 19.7 Å². The third kappa shape index (κ3) is 7.12. The minimum absolute atomic E-state index is 0.198. The Morgan fingerprint density at radius 1 is 1.05 bits per heavy atom. The van der Waals surface area contributed by atoms with Crippen LogP contribution in [0.3, 0.4) is 0 Å². The summed E-state index contributed by atoms with van der Waals surface area (Å²) >= 11 is 6.41. The molecular formula is C29H35ClN10O3. The summed E-state index contributed by atoms with van der Waals surface area (Å²) in [6.07, 6.45) is 7.08. The Balaban J connectivity index is 1.08. The first-order chi connectivity index (χ1) is 21.1. The first-order valence-corrected chi connectivity index (χ1v) is 14.8. The van der Waals surface area contributed by atoms with E-state index in [4.69, 9.17) is 30.8 Å². The van der Waals surface area contributed by atoms with Crippen molar-refractivity contribution in [1.82, 2.24) is 40.1 Å². The second-order valence-corrected chi connectivity index (χ2v) is 11.0. The van der Waals surface area contributed by atoms with Crippen LogP contribution in [0.5, 0.6) is 11.6 Å². The van der Waals surface area contributed by atoms with E-state index in [1.54, 1.807) is 36.6 Å². The topological polar surface area (TPSA) is 128 Å². The van der Waals surface area contributed by atoms with Crippen molar-refractivity contribution in [2.24, 2.45) is 0 Å². The first kappa shape index (κ1) is 29.0. The van der Waals surface area contributed by atoms with Gasteiger partial charge in [0.05, 0.1) is 31.9 Å². The second kappa shape index (κ2) is 13.5. The maximum Gasteiger partial charge on any atom is 0.239 e. The van der Waals surface area contributed by atoms with Crippen LogP contribution in [0.2, 0.25) is 5.02 Å². The van der Waals surface area contributed by atoms with Gasteiger partial charge in [0, 0.05) is 50.2 Å². The molecule has 1 aromatic carbocycles. The van der Waals surface area contributed by atoms with Crippen molar-refractivity contribution in [2.45, 2.75) is 38.5 Å². The Kier molecular flexibility index (Phi) is 9.10. The Bertz CT molecular complexity index is 1480. The summed E-state index contributed by atoms with van der Waals surface area (Å²) in [5, 5.41) is 14.9. The molecule has 0 bridgehead atoms. The molecule has 5 heterocycles. The molecule has 3 aromatic heterocycles. The standard InChI is InChI=1S/C29H35ClN10O3/c1-20(18-40-19-33-36-37-40)43-26-15-21(3-4-24(26)30)22-16-31-29(32-17-22)34-25-5-6-27(35-28(25)41-2)39-9-7-23(8-10-39)38-11-13-42-14-12-38/h3-6,15-17,19-20,23H,7-14,18H2,1-2H3,(H,31,32,34)/t20-/m0/s1. The largest absolute Gasteiger partial charge is 0.487 e.